The largest absolute Gasteiger partial charge is 0.494 e. The van der Waals surface area contributed by atoms with Crippen molar-refractivity contribution >= 4 is 11.9 Å². The van der Waals surface area contributed by atoms with Crippen LogP contribution in [0.3, 0.4) is 0 Å². The molecule has 1 aliphatic heterocycles. The molecule has 1 aliphatic rings. The molecule has 0 aromatic heterocycles. The van der Waals surface area contributed by atoms with E-state index in [2.05, 4.69) is 13.8 Å². The minimum atomic E-state index is -0.919. The van der Waals surface area contributed by atoms with Gasteiger partial charge in [-0.15, -0.1) is 0 Å². The molecular formula is C18H25NO5. The fourth-order valence-corrected chi connectivity index (χ4v) is 2.51. The van der Waals surface area contributed by atoms with Gasteiger partial charge < -0.3 is 19.5 Å². The van der Waals surface area contributed by atoms with E-state index in [1.807, 2.05) is 0 Å². The van der Waals surface area contributed by atoms with E-state index in [1.165, 1.54) is 0 Å². The molecule has 0 bridgehead atoms. The SMILES string of the molecule is CC(C)CCOc1ccc(C(=O)N2CCOC(CC(=O)O)C2)cc1. The Hall–Kier alpha value is -2.08. The van der Waals surface area contributed by atoms with Crippen molar-refractivity contribution in [2.24, 2.45) is 5.92 Å². The van der Waals surface area contributed by atoms with Gasteiger partial charge in [0.05, 0.1) is 25.7 Å². The summed E-state index contributed by atoms with van der Waals surface area (Å²) < 4.78 is 11.0. The van der Waals surface area contributed by atoms with Crippen molar-refractivity contribution in [1.82, 2.24) is 4.90 Å². The van der Waals surface area contributed by atoms with Crippen LogP contribution in [0.5, 0.6) is 5.75 Å². The van der Waals surface area contributed by atoms with E-state index in [4.69, 9.17) is 14.6 Å². The van der Waals surface area contributed by atoms with Crippen LogP contribution in [0, 0.1) is 5.92 Å². The Balaban J connectivity index is 1.90. The number of ether oxygens (including phenoxy) is 2. The predicted octanol–water partition coefficient (Wildman–Crippen LogP) is 2.43. The number of morpholine rings is 1. The molecule has 1 fully saturated rings. The Labute approximate surface area is 142 Å². The zero-order valence-electron chi connectivity index (χ0n) is 14.2. The highest BCUT2D eigenvalue weighted by molar-refractivity contribution is 5.94. The molecule has 2 rings (SSSR count). The van der Waals surface area contributed by atoms with E-state index in [1.54, 1.807) is 29.2 Å². The maximum Gasteiger partial charge on any atom is 0.306 e. The van der Waals surface area contributed by atoms with Crippen molar-refractivity contribution in [2.75, 3.05) is 26.3 Å². The summed E-state index contributed by atoms with van der Waals surface area (Å²) in [5, 5.41) is 8.85. The zero-order chi connectivity index (χ0) is 17.5. The third kappa shape index (κ3) is 5.53. The van der Waals surface area contributed by atoms with E-state index in [0.29, 0.717) is 37.8 Å². The van der Waals surface area contributed by atoms with Crippen LogP contribution in [0.4, 0.5) is 0 Å². The number of rotatable bonds is 7. The number of hydrogen-bond acceptors (Lipinski definition) is 4. The van der Waals surface area contributed by atoms with Gasteiger partial charge in [-0.2, -0.15) is 0 Å². The van der Waals surface area contributed by atoms with E-state index in [9.17, 15) is 9.59 Å². The Morgan fingerprint density at radius 2 is 2.04 bits per heavy atom. The minimum absolute atomic E-state index is 0.0909. The van der Waals surface area contributed by atoms with Crippen molar-refractivity contribution in [2.45, 2.75) is 32.8 Å². The lowest BCUT2D eigenvalue weighted by molar-refractivity contribution is -0.141. The van der Waals surface area contributed by atoms with Gasteiger partial charge in [-0.3, -0.25) is 9.59 Å². The molecule has 1 aromatic rings. The third-order valence-electron chi connectivity index (χ3n) is 3.89. The van der Waals surface area contributed by atoms with E-state index in [-0.39, 0.29) is 12.3 Å². The van der Waals surface area contributed by atoms with E-state index >= 15 is 0 Å². The first kappa shape index (κ1) is 18.3. The molecule has 1 atom stereocenters. The number of hydrogen-bond donors (Lipinski definition) is 1. The van der Waals surface area contributed by atoms with Crippen LogP contribution in [0.1, 0.15) is 37.0 Å². The van der Waals surface area contributed by atoms with Crippen molar-refractivity contribution < 1.29 is 24.2 Å². The first-order chi connectivity index (χ1) is 11.5. The topological polar surface area (TPSA) is 76.1 Å². The maximum atomic E-state index is 12.5. The van der Waals surface area contributed by atoms with Crippen molar-refractivity contribution in [3.05, 3.63) is 29.8 Å². The number of aliphatic carboxylic acids is 1. The maximum absolute atomic E-state index is 12.5. The van der Waals surface area contributed by atoms with Gasteiger partial charge in [-0.05, 0) is 36.6 Å². The molecule has 1 aromatic carbocycles. The van der Waals surface area contributed by atoms with Gasteiger partial charge in [-0.25, -0.2) is 0 Å². The van der Waals surface area contributed by atoms with Crippen molar-refractivity contribution in [3.63, 3.8) is 0 Å². The highest BCUT2D eigenvalue weighted by atomic mass is 16.5. The van der Waals surface area contributed by atoms with Gasteiger partial charge in [0.15, 0.2) is 0 Å². The van der Waals surface area contributed by atoms with Gasteiger partial charge >= 0.3 is 5.97 Å². The number of carboxylic acids is 1. The summed E-state index contributed by atoms with van der Waals surface area (Å²) in [5.74, 6) is 0.309. The Morgan fingerprint density at radius 1 is 1.33 bits per heavy atom. The second kappa shape index (κ2) is 8.68. The molecule has 6 nitrogen and oxygen atoms in total. The van der Waals surface area contributed by atoms with Gasteiger partial charge in [0.1, 0.15) is 5.75 Å². The molecule has 1 unspecified atom stereocenters. The standard InChI is InChI=1S/C18H25NO5/c1-13(2)7-9-23-15-5-3-14(4-6-15)18(22)19-8-10-24-16(12-19)11-17(20)21/h3-6,13,16H,7-12H2,1-2H3,(H,20,21). The summed E-state index contributed by atoms with van der Waals surface area (Å²) >= 11 is 0. The quantitative estimate of drug-likeness (QED) is 0.828. The average molecular weight is 335 g/mol. The number of carbonyl (C=O) groups is 2. The van der Waals surface area contributed by atoms with Gasteiger partial charge in [0.25, 0.3) is 5.91 Å². The van der Waals surface area contributed by atoms with Crippen LogP contribution in [0.25, 0.3) is 0 Å². The van der Waals surface area contributed by atoms with Crippen LogP contribution < -0.4 is 4.74 Å². The van der Waals surface area contributed by atoms with Crippen molar-refractivity contribution in [1.29, 1.82) is 0 Å². The molecule has 1 N–H and O–H groups in total. The molecule has 0 radical (unpaired) electrons. The molecular weight excluding hydrogens is 310 g/mol. The van der Waals surface area contributed by atoms with E-state index in [0.717, 1.165) is 12.2 Å². The smallest absolute Gasteiger partial charge is 0.306 e. The molecule has 0 aliphatic carbocycles. The normalized spacial score (nSPS) is 17.8. The predicted molar refractivity (Wildman–Crippen MR) is 89.3 cm³/mol. The van der Waals surface area contributed by atoms with Crippen LogP contribution >= 0.6 is 0 Å². The number of benzene rings is 1. The molecule has 24 heavy (non-hydrogen) atoms. The molecule has 1 amide bonds. The molecule has 0 spiro atoms. The Kier molecular flexibility index (Phi) is 6.61. The summed E-state index contributed by atoms with van der Waals surface area (Å²) in [7, 11) is 0. The van der Waals surface area contributed by atoms with Crippen LogP contribution in [0.2, 0.25) is 0 Å². The number of carbonyl (C=O) groups excluding carboxylic acids is 1. The van der Waals surface area contributed by atoms with Crippen LogP contribution in [-0.2, 0) is 9.53 Å². The fraction of sp³-hybridized carbons (Fsp3) is 0.556. The van der Waals surface area contributed by atoms with Crippen LogP contribution in [-0.4, -0.2) is 54.3 Å². The lowest BCUT2D eigenvalue weighted by atomic mass is 10.1. The summed E-state index contributed by atoms with van der Waals surface area (Å²) in [4.78, 5) is 25.0. The highest BCUT2D eigenvalue weighted by Crippen LogP contribution is 2.17. The zero-order valence-corrected chi connectivity index (χ0v) is 14.2. The van der Waals surface area contributed by atoms with Gasteiger partial charge in [0, 0.05) is 18.7 Å². The fourth-order valence-electron chi connectivity index (χ4n) is 2.51. The number of nitrogens with zero attached hydrogens (tertiary/aromatic N) is 1. The Morgan fingerprint density at radius 3 is 2.67 bits per heavy atom. The molecule has 1 saturated heterocycles. The molecule has 0 saturated carbocycles. The van der Waals surface area contributed by atoms with E-state index < -0.39 is 12.1 Å². The van der Waals surface area contributed by atoms with Gasteiger partial charge in [-0.1, -0.05) is 13.8 Å². The summed E-state index contributed by atoms with van der Waals surface area (Å²) in [6, 6.07) is 7.08. The minimum Gasteiger partial charge on any atom is -0.494 e. The summed E-state index contributed by atoms with van der Waals surface area (Å²) in [6.07, 6.45) is 0.449. The summed E-state index contributed by atoms with van der Waals surface area (Å²) in [6.45, 7) is 6.08. The molecule has 6 heteroatoms. The van der Waals surface area contributed by atoms with Crippen molar-refractivity contribution in [3.8, 4) is 5.75 Å². The first-order valence-electron chi connectivity index (χ1n) is 8.31. The Bertz CT molecular complexity index is 555. The number of carboxylic acid groups (broad SMARTS) is 1. The molecule has 132 valence electrons. The third-order valence-corrected chi connectivity index (χ3v) is 3.89. The molecule has 1 heterocycles. The first-order valence-corrected chi connectivity index (χ1v) is 8.31. The second-order valence-electron chi connectivity index (χ2n) is 6.40. The lowest BCUT2D eigenvalue weighted by Crippen LogP contribution is -2.46. The monoisotopic (exact) mass is 335 g/mol. The summed E-state index contributed by atoms with van der Waals surface area (Å²) in [5.41, 5.74) is 0.571. The lowest BCUT2D eigenvalue weighted by Gasteiger charge is -2.32. The number of amides is 1. The van der Waals surface area contributed by atoms with Gasteiger partial charge in [0.2, 0.25) is 0 Å². The average Bonchev–Trinajstić information content (AvgIpc) is 2.54. The second-order valence-corrected chi connectivity index (χ2v) is 6.40. The highest BCUT2D eigenvalue weighted by Gasteiger charge is 2.26. The van der Waals surface area contributed by atoms with Crippen LogP contribution in [0.15, 0.2) is 24.3 Å².